The maximum absolute atomic E-state index is 5.73. The first-order valence-corrected chi connectivity index (χ1v) is 8.37. The quantitative estimate of drug-likeness (QED) is 0.695. The first kappa shape index (κ1) is 15.3. The van der Waals surface area contributed by atoms with Crippen LogP contribution in [0, 0.1) is 11.8 Å². The molecule has 0 aromatic heterocycles. The fraction of sp³-hybridized carbons (Fsp3) is 1.00. The normalized spacial score (nSPS) is 27.9. The Hall–Kier alpha value is -0.120. The number of rotatable bonds is 9. The molecule has 3 nitrogen and oxygen atoms in total. The summed E-state index contributed by atoms with van der Waals surface area (Å²) in [4.78, 5) is 2.69. The Kier molecular flexibility index (Phi) is 6.62. The van der Waals surface area contributed by atoms with Gasteiger partial charge in [0.05, 0.1) is 6.61 Å². The van der Waals surface area contributed by atoms with Crippen LogP contribution >= 0.6 is 0 Å². The standard InChI is InChI=1S/C16H32N2O/c1-3-8-17-16-7-10-19-13-15(16)12-18(9-4-2)11-14-5-6-14/h14-17H,3-13H2,1-2H3. The Bertz CT molecular complexity index is 243. The summed E-state index contributed by atoms with van der Waals surface area (Å²) in [5.41, 5.74) is 0. The van der Waals surface area contributed by atoms with Crippen LogP contribution in [0.3, 0.4) is 0 Å². The fourth-order valence-electron chi connectivity index (χ4n) is 3.15. The lowest BCUT2D eigenvalue weighted by molar-refractivity contribution is 0.0159. The summed E-state index contributed by atoms with van der Waals surface area (Å²) in [6.07, 6.45) is 6.60. The zero-order valence-corrected chi connectivity index (χ0v) is 12.9. The van der Waals surface area contributed by atoms with Crippen molar-refractivity contribution < 1.29 is 4.74 Å². The molecular formula is C16H32N2O. The molecule has 1 saturated carbocycles. The number of hydrogen-bond acceptors (Lipinski definition) is 3. The van der Waals surface area contributed by atoms with Gasteiger partial charge < -0.3 is 15.0 Å². The maximum atomic E-state index is 5.73. The monoisotopic (exact) mass is 268 g/mol. The van der Waals surface area contributed by atoms with Crippen LogP contribution in [-0.4, -0.2) is 50.3 Å². The summed E-state index contributed by atoms with van der Waals surface area (Å²) in [6, 6.07) is 0.673. The molecule has 1 aliphatic heterocycles. The summed E-state index contributed by atoms with van der Waals surface area (Å²) in [5.74, 6) is 1.68. The molecule has 1 heterocycles. The van der Waals surface area contributed by atoms with Gasteiger partial charge in [-0.3, -0.25) is 0 Å². The fourth-order valence-corrected chi connectivity index (χ4v) is 3.15. The third kappa shape index (κ3) is 5.41. The number of ether oxygens (including phenoxy) is 1. The molecule has 2 aliphatic rings. The van der Waals surface area contributed by atoms with Crippen molar-refractivity contribution >= 4 is 0 Å². The lowest BCUT2D eigenvalue weighted by Gasteiger charge is -2.36. The SMILES string of the molecule is CCCNC1CCOCC1CN(CCC)CC1CC1. The number of nitrogens with one attached hydrogen (secondary N) is 1. The second-order valence-corrected chi connectivity index (χ2v) is 6.39. The van der Waals surface area contributed by atoms with E-state index in [9.17, 15) is 0 Å². The van der Waals surface area contributed by atoms with E-state index in [1.807, 2.05) is 0 Å². The predicted molar refractivity (Wildman–Crippen MR) is 80.5 cm³/mol. The molecule has 0 bridgehead atoms. The molecule has 1 saturated heterocycles. The van der Waals surface area contributed by atoms with Gasteiger partial charge >= 0.3 is 0 Å². The van der Waals surface area contributed by atoms with Gasteiger partial charge in [0.2, 0.25) is 0 Å². The molecule has 0 amide bonds. The van der Waals surface area contributed by atoms with E-state index in [0.29, 0.717) is 12.0 Å². The highest BCUT2D eigenvalue weighted by Crippen LogP contribution is 2.30. The molecule has 0 aromatic rings. The largest absolute Gasteiger partial charge is 0.381 e. The summed E-state index contributed by atoms with van der Waals surface area (Å²) >= 11 is 0. The van der Waals surface area contributed by atoms with E-state index in [1.165, 1.54) is 51.7 Å². The third-order valence-corrected chi connectivity index (χ3v) is 4.38. The highest BCUT2D eigenvalue weighted by atomic mass is 16.5. The van der Waals surface area contributed by atoms with Crippen LogP contribution in [0.2, 0.25) is 0 Å². The van der Waals surface area contributed by atoms with E-state index in [0.717, 1.165) is 25.7 Å². The summed E-state index contributed by atoms with van der Waals surface area (Å²) in [6.45, 7) is 11.4. The molecule has 0 spiro atoms. The van der Waals surface area contributed by atoms with Crippen LogP contribution in [0.1, 0.15) is 46.0 Å². The van der Waals surface area contributed by atoms with Crippen LogP contribution in [0.4, 0.5) is 0 Å². The topological polar surface area (TPSA) is 24.5 Å². The molecular weight excluding hydrogens is 236 g/mol. The molecule has 2 atom stereocenters. The molecule has 1 aliphatic carbocycles. The van der Waals surface area contributed by atoms with Gasteiger partial charge in [0.25, 0.3) is 0 Å². The molecule has 112 valence electrons. The van der Waals surface area contributed by atoms with Crippen molar-refractivity contribution in [3.8, 4) is 0 Å². The highest BCUT2D eigenvalue weighted by Gasteiger charge is 2.29. The van der Waals surface area contributed by atoms with E-state index >= 15 is 0 Å². The molecule has 0 aromatic carbocycles. The van der Waals surface area contributed by atoms with Crippen LogP contribution in [-0.2, 0) is 4.74 Å². The van der Waals surface area contributed by atoms with E-state index < -0.39 is 0 Å². The van der Waals surface area contributed by atoms with Crippen molar-refractivity contribution in [3.05, 3.63) is 0 Å². The molecule has 2 rings (SSSR count). The van der Waals surface area contributed by atoms with Crippen LogP contribution in [0.15, 0.2) is 0 Å². The van der Waals surface area contributed by atoms with Gasteiger partial charge in [0.1, 0.15) is 0 Å². The van der Waals surface area contributed by atoms with Crippen LogP contribution in [0.5, 0.6) is 0 Å². The predicted octanol–water partition coefficient (Wildman–Crippen LogP) is 2.51. The van der Waals surface area contributed by atoms with Gasteiger partial charge in [0, 0.05) is 31.7 Å². The maximum Gasteiger partial charge on any atom is 0.0521 e. The van der Waals surface area contributed by atoms with E-state index in [-0.39, 0.29) is 0 Å². The Morgan fingerprint density at radius 3 is 2.63 bits per heavy atom. The molecule has 3 heteroatoms. The summed E-state index contributed by atoms with van der Waals surface area (Å²) < 4.78 is 5.73. The summed E-state index contributed by atoms with van der Waals surface area (Å²) in [5, 5.41) is 3.73. The second-order valence-electron chi connectivity index (χ2n) is 6.39. The van der Waals surface area contributed by atoms with E-state index in [2.05, 4.69) is 24.1 Å². The molecule has 2 unspecified atom stereocenters. The average molecular weight is 268 g/mol. The van der Waals surface area contributed by atoms with Gasteiger partial charge in [-0.25, -0.2) is 0 Å². The molecule has 0 radical (unpaired) electrons. The van der Waals surface area contributed by atoms with Crippen molar-refractivity contribution in [1.82, 2.24) is 10.2 Å². The smallest absolute Gasteiger partial charge is 0.0521 e. The molecule has 19 heavy (non-hydrogen) atoms. The lowest BCUT2D eigenvalue weighted by atomic mass is 9.94. The van der Waals surface area contributed by atoms with Crippen LogP contribution in [0.25, 0.3) is 0 Å². The van der Waals surface area contributed by atoms with Crippen molar-refractivity contribution in [2.75, 3.05) is 39.4 Å². The third-order valence-electron chi connectivity index (χ3n) is 4.38. The zero-order valence-electron chi connectivity index (χ0n) is 12.9. The molecule has 1 N–H and O–H groups in total. The van der Waals surface area contributed by atoms with Crippen molar-refractivity contribution in [2.45, 2.75) is 52.0 Å². The minimum absolute atomic E-state index is 0.673. The van der Waals surface area contributed by atoms with Crippen molar-refractivity contribution in [1.29, 1.82) is 0 Å². The Balaban J connectivity index is 1.80. The van der Waals surface area contributed by atoms with Gasteiger partial charge in [-0.2, -0.15) is 0 Å². The number of nitrogens with zero attached hydrogens (tertiary/aromatic N) is 1. The highest BCUT2D eigenvalue weighted by molar-refractivity contribution is 4.84. The number of hydrogen-bond donors (Lipinski definition) is 1. The summed E-state index contributed by atoms with van der Waals surface area (Å²) in [7, 11) is 0. The average Bonchev–Trinajstić information content (AvgIpc) is 3.22. The van der Waals surface area contributed by atoms with Crippen molar-refractivity contribution in [3.63, 3.8) is 0 Å². The van der Waals surface area contributed by atoms with E-state index in [1.54, 1.807) is 0 Å². The first-order chi connectivity index (χ1) is 9.33. The van der Waals surface area contributed by atoms with Gasteiger partial charge in [0.15, 0.2) is 0 Å². The first-order valence-electron chi connectivity index (χ1n) is 8.37. The minimum atomic E-state index is 0.673. The van der Waals surface area contributed by atoms with Gasteiger partial charge in [-0.1, -0.05) is 13.8 Å². The van der Waals surface area contributed by atoms with E-state index in [4.69, 9.17) is 4.74 Å². The van der Waals surface area contributed by atoms with Gasteiger partial charge in [-0.15, -0.1) is 0 Å². The Labute approximate surface area is 119 Å². The van der Waals surface area contributed by atoms with Crippen molar-refractivity contribution in [2.24, 2.45) is 11.8 Å². The Morgan fingerprint density at radius 2 is 1.95 bits per heavy atom. The lowest BCUT2D eigenvalue weighted by Crippen LogP contribution is -2.48. The second kappa shape index (κ2) is 8.23. The van der Waals surface area contributed by atoms with Crippen LogP contribution < -0.4 is 5.32 Å². The minimum Gasteiger partial charge on any atom is -0.381 e. The molecule has 2 fully saturated rings. The Morgan fingerprint density at radius 1 is 1.11 bits per heavy atom. The zero-order chi connectivity index (χ0) is 13.5. The van der Waals surface area contributed by atoms with Gasteiger partial charge in [-0.05, 0) is 51.1 Å².